The van der Waals surface area contributed by atoms with Gasteiger partial charge in [0.1, 0.15) is 5.75 Å². The molecule has 1 N–H and O–H groups in total. The van der Waals surface area contributed by atoms with Crippen molar-refractivity contribution in [1.82, 2.24) is 5.32 Å². The molecule has 2 rings (SSSR count). The maximum Gasteiger partial charge on any atom is 0.257 e. The molecule has 0 radical (unpaired) electrons. The molecule has 0 aromatic heterocycles. The van der Waals surface area contributed by atoms with Gasteiger partial charge in [-0.05, 0) is 36.6 Å². The Morgan fingerprint density at radius 2 is 1.91 bits per heavy atom. The van der Waals surface area contributed by atoms with Gasteiger partial charge in [-0.1, -0.05) is 24.3 Å². The van der Waals surface area contributed by atoms with Gasteiger partial charge in [-0.15, -0.1) is 0 Å². The smallest absolute Gasteiger partial charge is 0.257 e. The number of halogens is 2. The van der Waals surface area contributed by atoms with Crippen molar-refractivity contribution < 1.29 is 18.3 Å². The fourth-order valence-electron chi connectivity index (χ4n) is 1.99. The molecule has 0 unspecified atom stereocenters. The van der Waals surface area contributed by atoms with Gasteiger partial charge in [0.15, 0.2) is 18.2 Å². The molecule has 0 heterocycles. The first-order chi connectivity index (χ1) is 10.6. The van der Waals surface area contributed by atoms with Crippen molar-refractivity contribution in [2.24, 2.45) is 0 Å². The fourth-order valence-corrected chi connectivity index (χ4v) is 1.99. The molecule has 2 aromatic rings. The minimum atomic E-state index is -1.00. The van der Waals surface area contributed by atoms with Crippen LogP contribution in [0.1, 0.15) is 11.1 Å². The van der Waals surface area contributed by atoms with E-state index in [0.717, 1.165) is 18.6 Å². The maximum atomic E-state index is 13.0. The third-order valence-corrected chi connectivity index (χ3v) is 3.24. The predicted octanol–water partition coefficient (Wildman–Crippen LogP) is 3.01. The van der Waals surface area contributed by atoms with E-state index < -0.39 is 11.6 Å². The second-order valence-corrected chi connectivity index (χ2v) is 4.89. The molecule has 0 aliphatic carbocycles. The highest BCUT2D eigenvalue weighted by molar-refractivity contribution is 5.77. The molecule has 0 spiro atoms. The van der Waals surface area contributed by atoms with E-state index in [9.17, 15) is 13.6 Å². The number of ether oxygens (including phenoxy) is 1. The van der Waals surface area contributed by atoms with Gasteiger partial charge in [0, 0.05) is 12.6 Å². The van der Waals surface area contributed by atoms with Crippen LogP contribution in [0.5, 0.6) is 5.75 Å². The molecule has 22 heavy (non-hydrogen) atoms. The molecular weight excluding hydrogens is 288 g/mol. The molecule has 0 atom stereocenters. The Morgan fingerprint density at radius 3 is 2.64 bits per heavy atom. The Bertz CT molecular complexity index is 659. The Labute approximate surface area is 127 Å². The van der Waals surface area contributed by atoms with Crippen LogP contribution in [0.2, 0.25) is 0 Å². The number of benzene rings is 2. The molecule has 5 heteroatoms. The molecule has 0 fully saturated rings. The third kappa shape index (κ3) is 4.55. The second-order valence-electron chi connectivity index (χ2n) is 4.89. The van der Waals surface area contributed by atoms with Crippen LogP contribution in [-0.4, -0.2) is 19.1 Å². The normalized spacial score (nSPS) is 10.3. The maximum absolute atomic E-state index is 13.0. The Kier molecular flexibility index (Phi) is 5.47. The number of hydrogen-bond donors (Lipinski definition) is 1. The Balaban J connectivity index is 1.74. The zero-order valence-electron chi connectivity index (χ0n) is 12.2. The molecule has 2 aromatic carbocycles. The summed E-state index contributed by atoms with van der Waals surface area (Å²) in [6, 6.07) is 11.1. The zero-order valence-corrected chi connectivity index (χ0v) is 12.2. The van der Waals surface area contributed by atoms with Gasteiger partial charge in [0.2, 0.25) is 0 Å². The molecule has 0 aliphatic heterocycles. The number of rotatable bonds is 6. The highest BCUT2D eigenvalue weighted by Crippen LogP contribution is 2.15. The quantitative estimate of drug-likeness (QED) is 0.891. The summed E-state index contributed by atoms with van der Waals surface area (Å²) in [4.78, 5) is 11.6. The van der Waals surface area contributed by atoms with E-state index in [-0.39, 0.29) is 18.3 Å². The van der Waals surface area contributed by atoms with Crippen LogP contribution in [-0.2, 0) is 11.2 Å². The van der Waals surface area contributed by atoms with Crippen molar-refractivity contribution >= 4 is 5.91 Å². The number of carbonyl (C=O) groups is 1. The minimum Gasteiger partial charge on any atom is -0.484 e. The second kappa shape index (κ2) is 7.54. The van der Waals surface area contributed by atoms with Crippen molar-refractivity contribution in [3.05, 3.63) is 65.2 Å². The monoisotopic (exact) mass is 305 g/mol. The van der Waals surface area contributed by atoms with Crippen molar-refractivity contribution in [3.63, 3.8) is 0 Å². The summed E-state index contributed by atoms with van der Waals surface area (Å²) in [5.41, 5.74) is 2.35. The molecule has 0 aliphatic rings. The predicted molar refractivity (Wildman–Crippen MR) is 79.7 cm³/mol. The van der Waals surface area contributed by atoms with Gasteiger partial charge < -0.3 is 10.1 Å². The van der Waals surface area contributed by atoms with Crippen LogP contribution in [0.3, 0.4) is 0 Å². The summed E-state index contributed by atoms with van der Waals surface area (Å²) in [5.74, 6) is -2.14. The topological polar surface area (TPSA) is 38.3 Å². The molecule has 1 amide bonds. The van der Waals surface area contributed by atoms with E-state index in [2.05, 4.69) is 5.32 Å². The molecule has 116 valence electrons. The largest absolute Gasteiger partial charge is 0.484 e. The van der Waals surface area contributed by atoms with Crippen LogP contribution >= 0.6 is 0 Å². The van der Waals surface area contributed by atoms with E-state index in [4.69, 9.17) is 4.74 Å². The number of amides is 1. The number of aryl methyl sites for hydroxylation is 1. The molecule has 0 saturated carbocycles. The van der Waals surface area contributed by atoms with Crippen molar-refractivity contribution in [1.29, 1.82) is 0 Å². The summed E-state index contributed by atoms with van der Waals surface area (Å²) in [7, 11) is 0. The van der Waals surface area contributed by atoms with Crippen molar-refractivity contribution in [2.75, 3.05) is 13.2 Å². The van der Waals surface area contributed by atoms with Gasteiger partial charge in [-0.25, -0.2) is 8.78 Å². The molecule has 0 saturated heterocycles. The first kappa shape index (κ1) is 15.9. The van der Waals surface area contributed by atoms with Crippen LogP contribution in [0.25, 0.3) is 0 Å². The molecular formula is C17H17F2NO2. The van der Waals surface area contributed by atoms with Crippen molar-refractivity contribution in [2.45, 2.75) is 13.3 Å². The van der Waals surface area contributed by atoms with Gasteiger partial charge in [0.05, 0.1) is 0 Å². The van der Waals surface area contributed by atoms with Crippen LogP contribution in [0.15, 0.2) is 42.5 Å². The average Bonchev–Trinajstić information content (AvgIpc) is 2.50. The van der Waals surface area contributed by atoms with Crippen LogP contribution < -0.4 is 10.1 Å². The van der Waals surface area contributed by atoms with E-state index in [1.807, 2.05) is 31.2 Å². The highest BCUT2D eigenvalue weighted by Gasteiger charge is 2.06. The van der Waals surface area contributed by atoms with E-state index >= 15 is 0 Å². The standard InChI is InChI=1S/C17H17F2NO2/c1-12-4-2-3-5-13(12)8-9-20-17(21)11-22-14-6-7-15(18)16(19)10-14/h2-7,10H,8-9,11H2,1H3,(H,20,21). The number of hydrogen-bond acceptors (Lipinski definition) is 2. The van der Waals surface area contributed by atoms with Gasteiger partial charge in [-0.2, -0.15) is 0 Å². The van der Waals surface area contributed by atoms with E-state index in [1.165, 1.54) is 17.2 Å². The summed E-state index contributed by atoms with van der Waals surface area (Å²) in [5, 5.41) is 2.72. The Hall–Kier alpha value is -2.43. The number of nitrogens with one attached hydrogen (secondary N) is 1. The fraction of sp³-hybridized carbons (Fsp3) is 0.235. The lowest BCUT2D eigenvalue weighted by molar-refractivity contribution is -0.123. The number of carbonyl (C=O) groups excluding carboxylic acids is 1. The van der Waals surface area contributed by atoms with Gasteiger partial charge in [0.25, 0.3) is 5.91 Å². The summed E-state index contributed by atoms with van der Waals surface area (Å²) >= 11 is 0. The summed E-state index contributed by atoms with van der Waals surface area (Å²) < 4.78 is 30.8. The van der Waals surface area contributed by atoms with Crippen LogP contribution in [0.4, 0.5) is 8.78 Å². The lowest BCUT2D eigenvalue weighted by Gasteiger charge is -2.09. The van der Waals surface area contributed by atoms with E-state index in [0.29, 0.717) is 6.54 Å². The first-order valence-electron chi connectivity index (χ1n) is 6.95. The van der Waals surface area contributed by atoms with Crippen LogP contribution in [0, 0.1) is 18.6 Å². The SMILES string of the molecule is Cc1ccccc1CCNC(=O)COc1ccc(F)c(F)c1. The molecule has 0 bridgehead atoms. The van der Waals surface area contributed by atoms with E-state index in [1.54, 1.807) is 0 Å². The average molecular weight is 305 g/mol. The third-order valence-electron chi connectivity index (χ3n) is 3.24. The molecule has 3 nitrogen and oxygen atoms in total. The summed E-state index contributed by atoms with van der Waals surface area (Å²) in [6.45, 7) is 2.27. The van der Waals surface area contributed by atoms with Gasteiger partial charge in [-0.3, -0.25) is 4.79 Å². The van der Waals surface area contributed by atoms with Gasteiger partial charge >= 0.3 is 0 Å². The zero-order chi connectivity index (χ0) is 15.9. The Morgan fingerprint density at radius 1 is 1.14 bits per heavy atom. The van der Waals surface area contributed by atoms with Crippen molar-refractivity contribution in [3.8, 4) is 5.75 Å². The summed E-state index contributed by atoms with van der Waals surface area (Å²) in [6.07, 6.45) is 0.726. The first-order valence-corrected chi connectivity index (χ1v) is 6.95. The lowest BCUT2D eigenvalue weighted by atomic mass is 10.1. The lowest BCUT2D eigenvalue weighted by Crippen LogP contribution is -2.30. The highest BCUT2D eigenvalue weighted by atomic mass is 19.2. The minimum absolute atomic E-state index is 0.118.